The van der Waals surface area contributed by atoms with Gasteiger partial charge in [-0.1, -0.05) is 34.5 Å². The zero-order valence-corrected chi connectivity index (χ0v) is 9.45. The van der Waals surface area contributed by atoms with Crippen LogP contribution in [-0.2, 0) is 6.42 Å². The lowest BCUT2D eigenvalue weighted by Crippen LogP contribution is -2.02. The second-order valence-corrected chi connectivity index (χ2v) is 4.67. The summed E-state index contributed by atoms with van der Waals surface area (Å²) in [5.41, 5.74) is 1.88. The van der Waals surface area contributed by atoms with Gasteiger partial charge in [0.15, 0.2) is 5.78 Å². The van der Waals surface area contributed by atoms with Crippen molar-refractivity contribution < 1.29 is 4.79 Å². The zero-order valence-electron chi connectivity index (χ0n) is 7.10. The number of carbonyl (C=O) groups is 1. The topological polar surface area (TPSA) is 17.1 Å². The summed E-state index contributed by atoms with van der Waals surface area (Å²) in [6, 6.07) is 3.60. The first-order chi connectivity index (χ1) is 6.09. The summed E-state index contributed by atoms with van der Waals surface area (Å²) in [4.78, 5) is 11.6. The Morgan fingerprint density at radius 3 is 2.92 bits per heavy atom. The molecule has 0 aromatic heterocycles. The average molecular weight is 260 g/mol. The molecule has 1 aliphatic rings. The van der Waals surface area contributed by atoms with E-state index in [-0.39, 0.29) is 11.7 Å². The molecule has 0 N–H and O–H groups in total. The Balaban J connectivity index is 2.64. The van der Waals surface area contributed by atoms with Crippen LogP contribution in [0.2, 0.25) is 5.02 Å². The number of halogens is 2. The maximum atomic E-state index is 11.6. The van der Waals surface area contributed by atoms with Crippen LogP contribution >= 0.6 is 27.5 Å². The summed E-state index contributed by atoms with van der Waals surface area (Å²) in [7, 11) is 0. The van der Waals surface area contributed by atoms with Gasteiger partial charge in [-0.05, 0) is 24.1 Å². The second-order valence-electron chi connectivity index (χ2n) is 3.38. The number of ketones is 1. The molecule has 0 spiro atoms. The molecule has 0 heterocycles. The predicted octanol–water partition coefficient (Wildman–Crippen LogP) is 3.48. The number of hydrogen-bond donors (Lipinski definition) is 0. The third kappa shape index (κ3) is 1.42. The van der Waals surface area contributed by atoms with E-state index in [9.17, 15) is 4.79 Å². The number of carbonyl (C=O) groups excluding carboxylic acids is 1. The second kappa shape index (κ2) is 3.10. The molecule has 1 atom stereocenters. The van der Waals surface area contributed by atoms with Gasteiger partial charge in [0, 0.05) is 21.0 Å². The molecule has 0 aliphatic heterocycles. The fraction of sp³-hybridized carbons (Fsp3) is 0.300. The lowest BCUT2D eigenvalue weighted by Gasteiger charge is -2.00. The summed E-state index contributed by atoms with van der Waals surface area (Å²) in [6.07, 6.45) is 0.825. The van der Waals surface area contributed by atoms with Crippen LogP contribution in [0.5, 0.6) is 0 Å². The molecule has 3 heteroatoms. The Labute approximate surface area is 90.2 Å². The summed E-state index contributed by atoms with van der Waals surface area (Å²) in [5, 5.41) is 0.619. The van der Waals surface area contributed by atoms with Crippen LogP contribution in [0.1, 0.15) is 22.8 Å². The first kappa shape index (κ1) is 9.22. The highest BCUT2D eigenvalue weighted by Crippen LogP contribution is 2.34. The normalized spacial score (nSPS) is 20.5. The Hall–Kier alpha value is -0.340. The van der Waals surface area contributed by atoms with Gasteiger partial charge in [-0.25, -0.2) is 0 Å². The minimum absolute atomic E-state index is 0.102. The third-order valence-electron chi connectivity index (χ3n) is 2.38. The summed E-state index contributed by atoms with van der Waals surface area (Å²) < 4.78 is 0.952. The van der Waals surface area contributed by atoms with Crippen LogP contribution in [0.15, 0.2) is 16.6 Å². The molecule has 1 nitrogen and oxygen atoms in total. The van der Waals surface area contributed by atoms with Crippen LogP contribution in [0, 0.1) is 5.92 Å². The van der Waals surface area contributed by atoms with E-state index in [1.54, 1.807) is 6.07 Å². The van der Waals surface area contributed by atoms with Gasteiger partial charge in [0.1, 0.15) is 0 Å². The van der Waals surface area contributed by atoms with Crippen molar-refractivity contribution in [3.8, 4) is 0 Å². The molecular weight excluding hydrogens is 251 g/mol. The Bertz CT molecular complexity index is 387. The molecule has 1 aliphatic carbocycles. The SMILES string of the molecule is C[C@H]1Cc2c(Br)cc(Cl)cc2C1=O. The van der Waals surface area contributed by atoms with Crippen LogP contribution in [0.4, 0.5) is 0 Å². The van der Waals surface area contributed by atoms with Crippen LogP contribution in [-0.4, -0.2) is 5.78 Å². The van der Waals surface area contributed by atoms with E-state index >= 15 is 0 Å². The van der Waals surface area contributed by atoms with Crippen molar-refractivity contribution in [1.82, 2.24) is 0 Å². The first-order valence-electron chi connectivity index (χ1n) is 4.11. The van der Waals surface area contributed by atoms with Gasteiger partial charge in [-0.2, -0.15) is 0 Å². The highest BCUT2D eigenvalue weighted by Gasteiger charge is 2.28. The number of benzene rings is 1. The smallest absolute Gasteiger partial charge is 0.166 e. The summed E-state index contributed by atoms with van der Waals surface area (Å²) in [6.45, 7) is 1.95. The molecular formula is C10H8BrClO. The molecule has 0 bridgehead atoms. The molecule has 1 aromatic carbocycles. The van der Waals surface area contributed by atoms with Crippen molar-refractivity contribution in [3.63, 3.8) is 0 Å². The zero-order chi connectivity index (χ0) is 9.59. The maximum absolute atomic E-state index is 11.6. The van der Waals surface area contributed by atoms with Crippen molar-refractivity contribution >= 4 is 33.3 Å². The fourth-order valence-electron chi connectivity index (χ4n) is 1.70. The Kier molecular flexibility index (Phi) is 2.20. The number of hydrogen-bond acceptors (Lipinski definition) is 1. The summed E-state index contributed by atoms with van der Waals surface area (Å²) >= 11 is 9.28. The highest BCUT2D eigenvalue weighted by atomic mass is 79.9. The van der Waals surface area contributed by atoms with E-state index in [0.717, 1.165) is 22.0 Å². The minimum Gasteiger partial charge on any atom is -0.294 e. The lowest BCUT2D eigenvalue weighted by atomic mass is 10.1. The van der Waals surface area contributed by atoms with E-state index in [1.165, 1.54) is 0 Å². The fourth-order valence-corrected chi connectivity index (χ4v) is 2.67. The quantitative estimate of drug-likeness (QED) is 0.697. The van der Waals surface area contributed by atoms with E-state index in [2.05, 4.69) is 15.9 Å². The van der Waals surface area contributed by atoms with Gasteiger partial charge in [-0.15, -0.1) is 0 Å². The van der Waals surface area contributed by atoms with Crippen molar-refractivity contribution in [2.75, 3.05) is 0 Å². The molecule has 0 fully saturated rings. The molecule has 13 heavy (non-hydrogen) atoms. The Morgan fingerprint density at radius 1 is 1.54 bits per heavy atom. The van der Waals surface area contributed by atoms with Gasteiger partial charge in [0.05, 0.1) is 0 Å². The van der Waals surface area contributed by atoms with Crippen LogP contribution < -0.4 is 0 Å². The van der Waals surface area contributed by atoms with E-state index in [1.807, 2.05) is 13.0 Å². The van der Waals surface area contributed by atoms with E-state index in [0.29, 0.717) is 5.02 Å². The van der Waals surface area contributed by atoms with Gasteiger partial charge in [0.2, 0.25) is 0 Å². The van der Waals surface area contributed by atoms with E-state index < -0.39 is 0 Å². The van der Waals surface area contributed by atoms with Crippen molar-refractivity contribution in [1.29, 1.82) is 0 Å². The van der Waals surface area contributed by atoms with Gasteiger partial charge in [0.25, 0.3) is 0 Å². The first-order valence-corrected chi connectivity index (χ1v) is 5.29. The van der Waals surface area contributed by atoms with Crippen molar-refractivity contribution in [2.24, 2.45) is 5.92 Å². The van der Waals surface area contributed by atoms with Crippen molar-refractivity contribution in [2.45, 2.75) is 13.3 Å². The molecule has 2 rings (SSSR count). The highest BCUT2D eigenvalue weighted by molar-refractivity contribution is 9.10. The minimum atomic E-state index is 0.102. The molecule has 0 unspecified atom stereocenters. The molecule has 0 saturated carbocycles. The molecule has 0 amide bonds. The molecule has 68 valence electrons. The summed E-state index contributed by atoms with van der Waals surface area (Å²) in [5.74, 6) is 0.308. The molecule has 0 radical (unpaired) electrons. The Morgan fingerprint density at radius 2 is 2.23 bits per heavy atom. The maximum Gasteiger partial charge on any atom is 0.166 e. The van der Waals surface area contributed by atoms with Gasteiger partial charge < -0.3 is 0 Å². The standard InChI is InChI=1S/C10H8BrClO/c1-5-2-7-8(10(5)13)3-6(12)4-9(7)11/h3-5H,2H2,1H3/t5-/m0/s1. The van der Waals surface area contributed by atoms with Gasteiger partial charge >= 0.3 is 0 Å². The number of fused-ring (bicyclic) bond motifs is 1. The van der Waals surface area contributed by atoms with Gasteiger partial charge in [-0.3, -0.25) is 4.79 Å². The average Bonchev–Trinajstić information content (AvgIpc) is 2.32. The largest absolute Gasteiger partial charge is 0.294 e. The van der Waals surface area contributed by atoms with Crippen LogP contribution in [0.25, 0.3) is 0 Å². The monoisotopic (exact) mass is 258 g/mol. The number of rotatable bonds is 0. The van der Waals surface area contributed by atoms with E-state index in [4.69, 9.17) is 11.6 Å². The predicted molar refractivity (Wildman–Crippen MR) is 56.4 cm³/mol. The molecule has 0 saturated heterocycles. The number of Topliss-reactive ketones (excluding diaryl/α,β-unsaturated/α-hetero) is 1. The molecule has 1 aromatic rings. The van der Waals surface area contributed by atoms with Crippen molar-refractivity contribution in [3.05, 3.63) is 32.8 Å². The lowest BCUT2D eigenvalue weighted by molar-refractivity contribution is 0.0946. The van der Waals surface area contributed by atoms with Crippen LogP contribution in [0.3, 0.4) is 0 Å². The third-order valence-corrected chi connectivity index (χ3v) is 3.31.